The molecule has 0 amide bonds. The number of benzene rings is 20. The summed E-state index contributed by atoms with van der Waals surface area (Å²) in [7, 11) is 0. The van der Waals surface area contributed by atoms with Crippen molar-refractivity contribution in [1.29, 1.82) is 0 Å². The Hall–Kier alpha value is -18.0. The van der Waals surface area contributed by atoms with E-state index in [4.69, 9.17) is 29.9 Å². The van der Waals surface area contributed by atoms with E-state index >= 15 is 0 Å². The predicted molar refractivity (Wildman–Crippen MR) is 559 cm³/mol. The van der Waals surface area contributed by atoms with Crippen LogP contribution >= 0.6 is 0 Å². The molecule has 0 aliphatic carbocycles. The van der Waals surface area contributed by atoms with Crippen molar-refractivity contribution in [2.24, 2.45) is 0 Å². The summed E-state index contributed by atoms with van der Waals surface area (Å²) in [6.07, 6.45) is 0. The summed E-state index contributed by atoms with van der Waals surface area (Å²) < 4.78 is 4.73. The van der Waals surface area contributed by atoms with Crippen molar-refractivity contribution in [2.75, 3.05) is 0 Å². The van der Waals surface area contributed by atoms with E-state index in [0.29, 0.717) is 11.6 Å². The summed E-state index contributed by atoms with van der Waals surface area (Å²) in [6, 6.07) is 173. The van der Waals surface area contributed by atoms with Crippen LogP contribution in [0.2, 0.25) is 0 Å². The van der Waals surface area contributed by atoms with Crippen molar-refractivity contribution in [3.8, 4) is 146 Å². The molecule has 0 radical (unpaired) electrons. The van der Waals surface area contributed by atoms with E-state index in [2.05, 4.69) is 422 Å². The average Bonchev–Trinajstić information content (AvgIpc) is 1.26. The van der Waals surface area contributed by atoms with Gasteiger partial charge in [-0.25, -0.2) is 29.9 Å². The molecule has 8 heteroatoms. The normalized spacial score (nSPS) is 11.6. The van der Waals surface area contributed by atoms with E-state index in [9.17, 15) is 0 Å². The van der Waals surface area contributed by atoms with Crippen LogP contribution in [0.15, 0.2) is 485 Å². The van der Waals surface area contributed by atoms with Gasteiger partial charge in [-0.15, -0.1) is 0 Å². The number of nitrogens with zero attached hydrogens (tertiary/aromatic N) is 8. The van der Waals surface area contributed by atoms with E-state index in [0.717, 1.165) is 167 Å². The number of para-hydroxylation sites is 5. The van der Waals surface area contributed by atoms with Crippen LogP contribution in [-0.4, -0.2) is 39.0 Å². The zero-order valence-electron chi connectivity index (χ0n) is 72.8. The van der Waals surface area contributed by atoms with Gasteiger partial charge in [-0.3, -0.25) is 0 Å². The van der Waals surface area contributed by atoms with Gasteiger partial charge in [0.1, 0.15) is 0 Å². The molecule has 0 spiro atoms. The van der Waals surface area contributed by atoms with Gasteiger partial charge in [-0.05, 0) is 133 Å². The molecule has 134 heavy (non-hydrogen) atoms. The molecular weight excluding hydrogens is 1630 g/mol. The second-order valence-corrected chi connectivity index (χ2v) is 34.3. The van der Waals surface area contributed by atoms with Gasteiger partial charge in [0.05, 0.1) is 67.3 Å². The van der Waals surface area contributed by atoms with Crippen molar-refractivity contribution in [3.05, 3.63) is 485 Å². The lowest BCUT2D eigenvalue weighted by Crippen LogP contribution is -1.96. The van der Waals surface area contributed by atoms with Crippen molar-refractivity contribution in [3.63, 3.8) is 0 Å². The lowest BCUT2D eigenvalue weighted by Gasteiger charge is -2.16. The molecule has 8 nitrogen and oxygen atoms in total. The number of hydrogen-bond donors (Lipinski definition) is 0. The fourth-order valence-corrected chi connectivity index (χ4v) is 19.9. The smallest absolute Gasteiger partial charge is 0.160 e. The Kier molecular flexibility index (Phi) is 19.4. The summed E-state index contributed by atoms with van der Waals surface area (Å²) in [5.74, 6) is 1.40. The third-order valence-electron chi connectivity index (χ3n) is 26.5. The number of fused-ring (bicyclic) bond motifs is 16. The molecule has 0 saturated heterocycles. The minimum absolute atomic E-state index is 0.697. The molecule has 20 aromatic carbocycles. The average molecular weight is 1710 g/mol. The molecule has 6 heterocycles. The van der Waals surface area contributed by atoms with Gasteiger partial charge in [0.15, 0.2) is 11.6 Å². The Morgan fingerprint density at radius 3 is 0.851 bits per heavy atom. The third kappa shape index (κ3) is 14.1. The van der Waals surface area contributed by atoms with Gasteiger partial charge in [-0.2, -0.15) is 0 Å². The molecule has 26 aromatic rings. The molecule has 0 atom stereocenters. The topological polar surface area (TPSA) is 87.2 Å². The van der Waals surface area contributed by atoms with Crippen LogP contribution in [0, 0.1) is 0 Å². The Morgan fingerprint density at radius 2 is 0.455 bits per heavy atom. The van der Waals surface area contributed by atoms with Crippen LogP contribution in [0.3, 0.4) is 0 Å². The number of aromatic nitrogens is 8. The maximum absolute atomic E-state index is 5.60. The molecule has 0 aliphatic rings. The van der Waals surface area contributed by atoms with Crippen molar-refractivity contribution in [2.45, 2.75) is 0 Å². The zero-order chi connectivity index (χ0) is 88.5. The van der Waals surface area contributed by atoms with Gasteiger partial charge in [0, 0.05) is 115 Å². The summed E-state index contributed by atoms with van der Waals surface area (Å²) in [5, 5.41) is 16.9. The lowest BCUT2D eigenvalue weighted by molar-refractivity contribution is 1.18. The van der Waals surface area contributed by atoms with E-state index in [1.54, 1.807) is 0 Å². The summed E-state index contributed by atoms with van der Waals surface area (Å²) in [4.78, 5) is 31.2. The number of rotatable bonds is 14. The number of hydrogen-bond acceptors (Lipinski definition) is 6. The maximum atomic E-state index is 5.60. The van der Waals surface area contributed by atoms with Gasteiger partial charge in [0.2, 0.25) is 0 Å². The fraction of sp³-hybridized carbons (Fsp3) is 0. The van der Waals surface area contributed by atoms with Crippen molar-refractivity contribution < 1.29 is 0 Å². The highest BCUT2D eigenvalue weighted by atomic mass is 15.0. The Bertz CT molecular complexity index is 8730. The first-order chi connectivity index (χ1) is 66.4. The van der Waals surface area contributed by atoms with Crippen molar-refractivity contribution >= 4 is 109 Å². The van der Waals surface area contributed by atoms with E-state index in [1.807, 2.05) is 72.8 Å². The monoisotopic (exact) mass is 1700 g/mol. The SMILES string of the molecule is c1ccc(-c2cc(-c3ccccc3)nc(-c3ccc(-c4ccc(-c5nc6c(-c7ccc(-n8c9ccccc9c9ccccc98)cc7)cccc6c6c5ccc5ccccc56)cc4)cc3)n2)cc1.c1ccc(-c2cc(-c3ccccc3)nc(-c3ccc(-c4ccc(-c5nc6ccc(-c7ccc(-n8c9ccccc9c9ccccc98)cc7)cc6c6c5ccc5ccccc56)cc4)cc3)n2)cc1. The first kappa shape index (κ1) is 78.3. The van der Waals surface area contributed by atoms with Crippen LogP contribution in [-0.2, 0) is 0 Å². The summed E-state index contributed by atoms with van der Waals surface area (Å²) in [5.41, 5.74) is 31.9. The molecular formula is C126H80N8. The first-order valence-electron chi connectivity index (χ1n) is 45.5. The molecule has 26 rings (SSSR count). The van der Waals surface area contributed by atoms with Gasteiger partial charge < -0.3 is 9.13 Å². The Labute approximate surface area is 773 Å². The molecule has 0 unspecified atom stereocenters. The van der Waals surface area contributed by atoms with Crippen LogP contribution in [0.25, 0.3) is 255 Å². The molecule has 0 fully saturated rings. The quantitative estimate of drug-likeness (QED) is 0.101. The minimum Gasteiger partial charge on any atom is -0.309 e. The van der Waals surface area contributed by atoms with Gasteiger partial charge in [0.25, 0.3) is 0 Å². The minimum atomic E-state index is 0.697. The molecule has 0 N–H and O–H groups in total. The molecule has 624 valence electrons. The fourth-order valence-electron chi connectivity index (χ4n) is 19.9. The molecule has 0 saturated carbocycles. The summed E-state index contributed by atoms with van der Waals surface area (Å²) >= 11 is 0. The maximum Gasteiger partial charge on any atom is 0.160 e. The second-order valence-electron chi connectivity index (χ2n) is 34.3. The van der Waals surface area contributed by atoms with Crippen molar-refractivity contribution in [1.82, 2.24) is 39.0 Å². The highest BCUT2D eigenvalue weighted by molar-refractivity contribution is 6.25. The third-order valence-corrected chi connectivity index (χ3v) is 26.5. The summed E-state index contributed by atoms with van der Waals surface area (Å²) in [6.45, 7) is 0. The highest BCUT2D eigenvalue weighted by Crippen LogP contribution is 2.45. The second kappa shape index (κ2) is 33.3. The Morgan fingerprint density at radius 1 is 0.157 bits per heavy atom. The van der Waals surface area contributed by atoms with Gasteiger partial charge >= 0.3 is 0 Å². The molecule has 6 aromatic heterocycles. The van der Waals surface area contributed by atoms with Crippen LogP contribution in [0.4, 0.5) is 0 Å². The lowest BCUT2D eigenvalue weighted by atomic mass is 9.92. The number of pyridine rings is 2. The van der Waals surface area contributed by atoms with E-state index in [1.165, 1.54) is 75.9 Å². The van der Waals surface area contributed by atoms with Crippen LogP contribution in [0.5, 0.6) is 0 Å². The predicted octanol–water partition coefficient (Wildman–Crippen LogP) is 32.9. The zero-order valence-corrected chi connectivity index (χ0v) is 72.8. The van der Waals surface area contributed by atoms with Gasteiger partial charge in [-0.1, -0.05) is 413 Å². The Balaban J connectivity index is 0.000000143. The van der Waals surface area contributed by atoms with Crippen LogP contribution < -0.4 is 0 Å². The molecule has 0 aliphatic heterocycles. The van der Waals surface area contributed by atoms with Crippen LogP contribution in [0.1, 0.15) is 0 Å². The van der Waals surface area contributed by atoms with E-state index < -0.39 is 0 Å². The molecule has 0 bridgehead atoms. The highest BCUT2D eigenvalue weighted by Gasteiger charge is 2.23. The first-order valence-corrected chi connectivity index (χ1v) is 45.5. The van der Waals surface area contributed by atoms with E-state index in [-0.39, 0.29) is 0 Å². The standard InChI is InChI=1S/2C63H40N4/c1-3-15-45(16-4-1)56-40-57(46-17-5-2-6-18-46)65-63(64-56)48-32-28-42(29-33-48)41-26-30-47(31-27-41)61-55-39-36-43-14-7-8-19-50(43)60(55)54-23-13-22-51(62(54)66-61)44-34-37-49(38-35-44)67-58-24-11-9-20-52(58)53-21-10-12-25-59(53)67;1-3-14-45(15-4-1)57-40-58(46-16-5-2-6-17-46)66-63(65-57)48-29-25-42(26-30-48)41-23-27-47(28-24-41)62-54-37-33-44-13-7-8-18-51(44)61(54)55-39-49(34-38-56(55)64-62)43-31-35-50(36-32-43)67-59-21-11-9-19-52(59)53-20-10-12-22-60(53)67/h2*1-40H. The largest absolute Gasteiger partial charge is 0.309 e.